The lowest BCUT2D eigenvalue weighted by atomic mass is 10.3. The van der Waals surface area contributed by atoms with Crippen LogP contribution in [0.25, 0.3) is 0 Å². The van der Waals surface area contributed by atoms with E-state index in [2.05, 4.69) is 9.97 Å². The number of hydrogen-bond acceptors (Lipinski definition) is 4. The third-order valence-electron chi connectivity index (χ3n) is 3.29. The molecule has 0 radical (unpaired) electrons. The topological polar surface area (TPSA) is 75.3 Å². The third-order valence-corrected chi connectivity index (χ3v) is 4.98. The fourth-order valence-corrected chi connectivity index (χ4v) is 3.18. The van der Waals surface area contributed by atoms with Crippen molar-refractivity contribution < 1.29 is 13.2 Å². The number of aromatic nitrogens is 2. The van der Waals surface area contributed by atoms with Crippen molar-refractivity contribution in [3.05, 3.63) is 67.1 Å². The molecule has 0 fully saturated rings. The van der Waals surface area contributed by atoms with Crippen molar-refractivity contribution in [2.24, 2.45) is 0 Å². The van der Waals surface area contributed by atoms with Gasteiger partial charge in [-0.25, -0.2) is 4.98 Å². The van der Waals surface area contributed by atoms with Crippen LogP contribution in [0.1, 0.15) is 0 Å². The first-order valence-corrected chi connectivity index (χ1v) is 8.32. The summed E-state index contributed by atoms with van der Waals surface area (Å²) in [6.45, 7) is 0. The van der Waals surface area contributed by atoms with Crippen molar-refractivity contribution in [3.63, 3.8) is 0 Å². The highest BCUT2D eigenvalue weighted by molar-refractivity contribution is 7.92. The average Bonchev–Trinajstić information content (AvgIpc) is 3.11. The molecule has 0 saturated heterocycles. The monoisotopic (exact) mass is 329 g/mol. The van der Waals surface area contributed by atoms with Crippen molar-refractivity contribution in [3.8, 4) is 11.5 Å². The standard InChI is InChI=1S/C16H15N3O3S/c1-19(23(20,21)16-11-17-12-18-16)14-9-5-6-10-15(14)22-13-7-3-2-4-8-13/h2-12H,1H3,(H,17,18). The SMILES string of the molecule is CN(c1ccccc1Oc1ccccc1)S(=O)(=O)c1cnc[nH]1. The van der Waals surface area contributed by atoms with Crippen molar-refractivity contribution >= 4 is 15.7 Å². The number of rotatable bonds is 5. The molecule has 0 aliphatic heterocycles. The summed E-state index contributed by atoms with van der Waals surface area (Å²) in [6.07, 6.45) is 2.60. The van der Waals surface area contributed by atoms with Gasteiger partial charge in [0.05, 0.1) is 18.2 Å². The summed E-state index contributed by atoms with van der Waals surface area (Å²) in [6, 6.07) is 16.2. The highest BCUT2D eigenvalue weighted by Gasteiger charge is 2.25. The van der Waals surface area contributed by atoms with Gasteiger partial charge in [-0.3, -0.25) is 4.31 Å². The van der Waals surface area contributed by atoms with Crippen LogP contribution in [0.3, 0.4) is 0 Å². The summed E-state index contributed by atoms with van der Waals surface area (Å²) in [5.74, 6) is 1.08. The average molecular weight is 329 g/mol. The van der Waals surface area contributed by atoms with Gasteiger partial charge in [0.25, 0.3) is 10.0 Å². The van der Waals surface area contributed by atoms with Gasteiger partial charge in [0.15, 0.2) is 10.8 Å². The largest absolute Gasteiger partial charge is 0.455 e. The van der Waals surface area contributed by atoms with E-state index in [4.69, 9.17) is 4.74 Å². The zero-order chi connectivity index (χ0) is 16.3. The molecular formula is C16H15N3O3S. The van der Waals surface area contributed by atoms with Crippen LogP contribution in [-0.4, -0.2) is 25.4 Å². The second kappa shape index (κ2) is 6.13. The van der Waals surface area contributed by atoms with Gasteiger partial charge in [-0.05, 0) is 24.3 Å². The van der Waals surface area contributed by atoms with Crippen LogP contribution in [0, 0.1) is 0 Å². The van der Waals surface area contributed by atoms with E-state index in [0.717, 1.165) is 0 Å². The molecule has 0 saturated carbocycles. The molecule has 7 heteroatoms. The molecule has 0 bridgehead atoms. The van der Waals surface area contributed by atoms with E-state index >= 15 is 0 Å². The number of imidazole rings is 1. The Morgan fingerprint density at radius 2 is 1.74 bits per heavy atom. The van der Waals surface area contributed by atoms with Gasteiger partial charge in [0.2, 0.25) is 0 Å². The van der Waals surface area contributed by atoms with Crippen LogP contribution in [0.4, 0.5) is 5.69 Å². The molecule has 1 heterocycles. The maximum Gasteiger partial charge on any atom is 0.281 e. The molecule has 0 aliphatic carbocycles. The summed E-state index contributed by atoms with van der Waals surface area (Å²) in [5.41, 5.74) is 0.436. The quantitative estimate of drug-likeness (QED) is 0.781. The highest BCUT2D eigenvalue weighted by Crippen LogP contribution is 2.33. The van der Waals surface area contributed by atoms with Gasteiger partial charge in [0.1, 0.15) is 5.75 Å². The normalized spacial score (nSPS) is 11.2. The Morgan fingerprint density at radius 3 is 2.43 bits per heavy atom. The molecule has 118 valence electrons. The number of anilines is 1. The van der Waals surface area contributed by atoms with Crippen LogP contribution in [0.15, 0.2) is 72.1 Å². The Kier molecular flexibility index (Phi) is 4.03. The number of H-pyrrole nitrogens is 1. The van der Waals surface area contributed by atoms with Crippen molar-refractivity contribution in [2.45, 2.75) is 5.03 Å². The number of benzene rings is 2. The van der Waals surface area contributed by atoms with E-state index in [0.29, 0.717) is 17.2 Å². The Hall–Kier alpha value is -2.80. The summed E-state index contributed by atoms with van der Waals surface area (Å²) >= 11 is 0. The lowest BCUT2D eigenvalue weighted by Gasteiger charge is -2.21. The maximum atomic E-state index is 12.6. The number of para-hydroxylation sites is 3. The molecule has 3 rings (SSSR count). The molecule has 0 aliphatic rings. The van der Waals surface area contributed by atoms with E-state index in [-0.39, 0.29) is 5.03 Å². The molecule has 0 spiro atoms. The number of hydrogen-bond donors (Lipinski definition) is 1. The van der Waals surface area contributed by atoms with E-state index in [1.807, 2.05) is 18.2 Å². The second-order valence-corrected chi connectivity index (χ2v) is 6.71. The maximum absolute atomic E-state index is 12.6. The van der Waals surface area contributed by atoms with E-state index in [1.54, 1.807) is 36.4 Å². The first-order valence-electron chi connectivity index (χ1n) is 6.88. The predicted molar refractivity (Wildman–Crippen MR) is 87.1 cm³/mol. The van der Waals surface area contributed by atoms with Gasteiger partial charge in [0, 0.05) is 7.05 Å². The minimum atomic E-state index is -3.73. The fourth-order valence-electron chi connectivity index (χ4n) is 2.08. The predicted octanol–water partition coefficient (Wildman–Crippen LogP) is 3.03. The number of nitrogens with one attached hydrogen (secondary N) is 1. The van der Waals surface area contributed by atoms with Crippen LogP contribution in [-0.2, 0) is 10.0 Å². The minimum Gasteiger partial charge on any atom is -0.455 e. The molecule has 1 N–H and O–H groups in total. The van der Waals surface area contributed by atoms with Crippen molar-refractivity contribution in [1.82, 2.24) is 9.97 Å². The van der Waals surface area contributed by atoms with Gasteiger partial charge >= 0.3 is 0 Å². The van der Waals surface area contributed by atoms with Gasteiger partial charge in [-0.2, -0.15) is 8.42 Å². The molecule has 3 aromatic rings. The Morgan fingerprint density at radius 1 is 1.04 bits per heavy atom. The van der Waals surface area contributed by atoms with Crippen LogP contribution >= 0.6 is 0 Å². The van der Waals surface area contributed by atoms with Gasteiger partial charge < -0.3 is 9.72 Å². The Balaban J connectivity index is 1.97. The number of aromatic amines is 1. The number of sulfonamides is 1. The zero-order valence-corrected chi connectivity index (χ0v) is 13.2. The Labute approximate surface area is 134 Å². The summed E-state index contributed by atoms with van der Waals surface area (Å²) in [5, 5.41) is 0.0227. The third kappa shape index (κ3) is 3.04. The minimum absolute atomic E-state index is 0.0227. The summed E-state index contributed by atoms with van der Waals surface area (Å²) in [7, 11) is -2.25. The van der Waals surface area contributed by atoms with Crippen LogP contribution in [0.2, 0.25) is 0 Å². The second-order valence-electron chi connectivity index (χ2n) is 4.77. The molecule has 0 atom stereocenters. The lowest BCUT2D eigenvalue weighted by molar-refractivity contribution is 0.483. The molecule has 0 amide bonds. The lowest BCUT2D eigenvalue weighted by Crippen LogP contribution is -2.27. The molecule has 23 heavy (non-hydrogen) atoms. The first-order chi connectivity index (χ1) is 11.1. The smallest absolute Gasteiger partial charge is 0.281 e. The highest BCUT2D eigenvalue weighted by atomic mass is 32.2. The number of nitrogens with zero attached hydrogens (tertiary/aromatic N) is 2. The van der Waals surface area contributed by atoms with Crippen molar-refractivity contribution in [2.75, 3.05) is 11.4 Å². The van der Waals surface area contributed by atoms with E-state index < -0.39 is 10.0 Å². The van der Waals surface area contributed by atoms with Gasteiger partial charge in [-0.15, -0.1) is 0 Å². The van der Waals surface area contributed by atoms with E-state index in [1.165, 1.54) is 23.9 Å². The summed E-state index contributed by atoms with van der Waals surface area (Å²) in [4.78, 5) is 6.38. The van der Waals surface area contributed by atoms with Crippen molar-refractivity contribution in [1.29, 1.82) is 0 Å². The molecule has 1 aromatic heterocycles. The summed E-state index contributed by atoms with van der Waals surface area (Å²) < 4.78 is 32.2. The van der Waals surface area contributed by atoms with Crippen LogP contribution < -0.4 is 9.04 Å². The van der Waals surface area contributed by atoms with Gasteiger partial charge in [-0.1, -0.05) is 30.3 Å². The number of ether oxygens (including phenoxy) is 1. The first kappa shape index (κ1) is 15.1. The molecule has 2 aromatic carbocycles. The Bertz CT molecular complexity index is 878. The fraction of sp³-hybridized carbons (Fsp3) is 0.0625. The molecule has 6 nitrogen and oxygen atoms in total. The molecular weight excluding hydrogens is 314 g/mol. The molecule has 0 unspecified atom stereocenters. The van der Waals surface area contributed by atoms with E-state index in [9.17, 15) is 8.42 Å². The zero-order valence-electron chi connectivity index (χ0n) is 12.4. The van der Waals surface area contributed by atoms with Crippen LogP contribution in [0.5, 0.6) is 11.5 Å².